The molecule has 0 saturated heterocycles. The largest absolute Gasteiger partial charge is 0.482 e. The van der Waals surface area contributed by atoms with Gasteiger partial charge in [0.25, 0.3) is 5.91 Å². The number of nitrogens with zero attached hydrogens (tertiary/aromatic N) is 1. The average Bonchev–Trinajstić information content (AvgIpc) is 2.67. The lowest BCUT2D eigenvalue weighted by Crippen LogP contribution is -2.42. The Balaban J connectivity index is 1.68. The number of aliphatic carboxylic acids is 1. The third kappa shape index (κ3) is 4.11. The summed E-state index contributed by atoms with van der Waals surface area (Å²) in [7, 11) is 0. The smallest absolute Gasteiger partial charge is 0.330 e. The van der Waals surface area contributed by atoms with Crippen molar-refractivity contribution in [1.29, 1.82) is 0 Å². The number of amides is 2. The minimum Gasteiger partial charge on any atom is -0.482 e. The van der Waals surface area contributed by atoms with Gasteiger partial charge in [-0.25, -0.2) is 9.18 Å². The summed E-state index contributed by atoms with van der Waals surface area (Å²) < 4.78 is 18.8. The molecule has 7 nitrogen and oxygen atoms in total. The normalized spacial score (nSPS) is 14.1. The zero-order valence-corrected chi connectivity index (χ0v) is 15.1. The van der Waals surface area contributed by atoms with Gasteiger partial charge in [-0.15, -0.1) is 0 Å². The number of benzene rings is 2. The highest BCUT2D eigenvalue weighted by Gasteiger charge is 2.27. The van der Waals surface area contributed by atoms with Crippen molar-refractivity contribution in [2.45, 2.75) is 19.4 Å². The molecule has 1 atom stereocenters. The lowest BCUT2D eigenvalue weighted by Gasteiger charge is -2.29. The van der Waals surface area contributed by atoms with Gasteiger partial charge in [0.05, 0.1) is 5.69 Å². The topological polar surface area (TPSA) is 95.9 Å². The number of hydrogen-bond donors (Lipinski definition) is 2. The van der Waals surface area contributed by atoms with Crippen molar-refractivity contribution < 1.29 is 28.6 Å². The highest BCUT2D eigenvalue weighted by atomic mass is 19.1. The molecule has 146 valence electrons. The molecule has 1 unspecified atom stereocenters. The average molecular weight is 386 g/mol. The minimum absolute atomic E-state index is 0.0832. The van der Waals surface area contributed by atoms with Gasteiger partial charge in [0.1, 0.15) is 11.6 Å². The molecule has 2 aromatic rings. The molecule has 28 heavy (non-hydrogen) atoms. The van der Waals surface area contributed by atoms with Crippen molar-refractivity contribution >= 4 is 23.5 Å². The SMILES string of the molecule is Cc1cc(C(NC(=O)CCN2C(=O)COc3ccccc32)C(=O)O)ccc1F. The van der Waals surface area contributed by atoms with Gasteiger partial charge >= 0.3 is 5.97 Å². The Morgan fingerprint density at radius 2 is 2.04 bits per heavy atom. The first kappa shape index (κ1) is 19.3. The van der Waals surface area contributed by atoms with Gasteiger partial charge in [0.15, 0.2) is 12.6 Å². The Bertz CT molecular complexity index is 931. The van der Waals surface area contributed by atoms with E-state index in [0.717, 1.165) is 6.07 Å². The van der Waals surface area contributed by atoms with Crippen molar-refractivity contribution in [3.63, 3.8) is 0 Å². The molecule has 1 heterocycles. The Hall–Kier alpha value is -3.42. The first-order valence-electron chi connectivity index (χ1n) is 8.67. The number of carboxylic acids is 1. The molecule has 0 saturated carbocycles. The van der Waals surface area contributed by atoms with Crippen molar-refractivity contribution in [3.05, 3.63) is 59.4 Å². The Labute approximate surface area is 160 Å². The second kappa shape index (κ2) is 8.08. The van der Waals surface area contributed by atoms with Crippen LogP contribution in [0.1, 0.15) is 23.6 Å². The number of carbonyl (C=O) groups excluding carboxylic acids is 2. The summed E-state index contributed by atoms with van der Waals surface area (Å²) in [6.07, 6.45) is -0.0932. The molecule has 1 aliphatic heterocycles. The molecule has 0 radical (unpaired) electrons. The number of nitrogens with one attached hydrogen (secondary N) is 1. The molecule has 2 aromatic carbocycles. The zero-order valence-electron chi connectivity index (χ0n) is 15.1. The van der Waals surface area contributed by atoms with Crippen LogP contribution in [0.15, 0.2) is 42.5 Å². The first-order chi connectivity index (χ1) is 13.4. The monoisotopic (exact) mass is 386 g/mol. The highest BCUT2D eigenvalue weighted by Crippen LogP contribution is 2.31. The standard InChI is InChI=1S/C20H19FN2O5/c1-12-10-13(6-7-14(12)21)19(20(26)27)22-17(24)8-9-23-15-4-2-3-5-16(15)28-11-18(23)25/h2-7,10,19H,8-9,11H2,1H3,(H,22,24)(H,26,27). The summed E-state index contributed by atoms with van der Waals surface area (Å²) in [4.78, 5) is 37.5. The quantitative estimate of drug-likeness (QED) is 0.794. The molecule has 0 aromatic heterocycles. The van der Waals surface area contributed by atoms with Crippen LogP contribution in [0.5, 0.6) is 5.75 Å². The van der Waals surface area contributed by atoms with E-state index in [1.807, 2.05) is 0 Å². The van der Waals surface area contributed by atoms with Gasteiger partial charge in [-0.3, -0.25) is 9.59 Å². The molecule has 0 spiro atoms. The summed E-state index contributed by atoms with van der Waals surface area (Å²) in [5.41, 5.74) is 1.12. The Morgan fingerprint density at radius 3 is 2.75 bits per heavy atom. The predicted octanol–water partition coefficient (Wildman–Crippen LogP) is 2.19. The Morgan fingerprint density at radius 1 is 1.29 bits per heavy atom. The molecule has 0 fully saturated rings. The number of rotatable bonds is 6. The number of anilines is 1. The van der Waals surface area contributed by atoms with E-state index in [2.05, 4.69) is 5.32 Å². The molecule has 2 N–H and O–H groups in total. The van der Waals surface area contributed by atoms with Gasteiger partial charge in [-0.05, 0) is 36.2 Å². The van der Waals surface area contributed by atoms with Crippen LogP contribution in [-0.2, 0) is 14.4 Å². The van der Waals surface area contributed by atoms with Crippen LogP contribution in [0.4, 0.5) is 10.1 Å². The number of para-hydroxylation sites is 2. The minimum atomic E-state index is -1.31. The van der Waals surface area contributed by atoms with Crippen LogP contribution in [0, 0.1) is 12.7 Å². The van der Waals surface area contributed by atoms with E-state index in [0.29, 0.717) is 11.4 Å². The summed E-state index contributed by atoms with van der Waals surface area (Å²) in [5, 5.41) is 11.9. The number of ether oxygens (including phenoxy) is 1. The second-order valence-corrected chi connectivity index (χ2v) is 6.40. The molecule has 2 amide bonds. The van der Waals surface area contributed by atoms with Gasteiger partial charge in [0.2, 0.25) is 5.91 Å². The number of carboxylic acid groups (broad SMARTS) is 1. The molecular formula is C20H19FN2O5. The van der Waals surface area contributed by atoms with Crippen LogP contribution < -0.4 is 15.0 Å². The third-order valence-corrected chi connectivity index (χ3v) is 4.44. The van der Waals surface area contributed by atoms with Gasteiger partial charge in [0, 0.05) is 13.0 Å². The van der Waals surface area contributed by atoms with E-state index in [1.165, 1.54) is 24.0 Å². The molecule has 3 rings (SSSR count). The predicted molar refractivity (Wildman–Crippen MR) is 98.6 cm³/mol. The highest BCUT2D eigenvalue weighted by molar-refractivity contribution is 5.98. The summed E-state index contributed by atoms with van der Waals surface area (Å²) in [6, 6.07) is 9.54. The molecule has 1 aliphatic rings. The van der Waals surface area contributed by atoms with E-state index in [1.54, 1.807) is 24.3 Å². The van der Waals surface area contributed by atoms with Crippen LogP contribution in [0.2, 0.25) is 0 Å². The second-order valence-electron chi connectivity index (χ2n) is 6.40. The Kier molecular flexibility index (Phi) is 5.58. The fourth-order valence-electron chi connectivity index (χ4n) is 2.98. The van der Waals surface area contributed by atoms with E-state index < -0.39 is 23.7 Å². The number of hydrogen-bond acceptors (Lipinski definition) is 4. The van der Waals surface area contributed by atoms with E-state index in [-0.39, 0.29) is 36.6 Å². The van der Waals surface area contributed by atoms with Crippen LogP contribution in [-0.4, -0.2) is 36.0 Å². The zero-order chi connectivity index (χ0) is 20.3. The fraction of sp³-hybridized carbons (Fsp3) is 0.250. The van der Waals surface area contributed by atoms with Crippen LogP contribution in [0.3, 0.4) is 0 Å². The lowest BCUT2D eigenvalue weighted by molar-refractivity contribution is -0.142. The van der Waals surface area contributed by atoms with Crippen molar-refractivity contribution in [2.24, 2.45) is 0 Å². The summed E-state index contributed by atoms with van der Waals surface area (Å²) in [5.74, 6) is -1.98. The first-order valence-corrected chi connectivity index (χ1v) is 8.67. The van der Waals surface area contributed by atoms with Gasteiger partial charge in [-0.1, -0.05) is 24.3 Å². The molecule has 8 heteroatoms. The van der Waals surface area contributed by atoms with Gasteiger partial charge < -0.3 is 20.1 Å². The van der Waals surface area contributed by atoms with Crippen LogP contribution in [0.25, 0.3) is 0 Å². The molecular weight excluding hydrogens is 367 g/mol. The van der Waals surface area contributed by atoms with E-state index in [4.69, 9.17) is 4.74 Å². The summed E-state index contributed by atoms with van der Waals surface area (Å²) in [6.45, 7) is 1.48. The number of halogens is 1. The van der Waals surface area contributed by atoms with Gasteiger partial charge in [-0.2, -0.15) is 0 Å². The van der Waals surface area contributed by atoms with E-state index in [9.17, 15) is 23.9 Å². The number of fused-ring (bicyclic) bond motifs is 1. The maximum Gasteiger partial charge on any atom is 0.330 e. The van der Waals surface area contributed by atoms with Crippen LogP contribution >= 0.6 is 0 Å². The fourth-order valence-corrected chi connectivity index (χ4v) is 2.98. The maximum absolute atomic E-state index is 13.4. The van der Waals surface area contributed by atoms with Crippen molar-refractivity contribution in [3.8, 4) is 5.75 Å². The van der Waals surface area contributed by atoms with E-state index >= 15 is 0 Å². The third-order valence-electron chi connectivity index (χ3n) is 4.44. The summed E-state index contributed by atoms with van der Waals surface area (Å²) >= 11 is 0. The maximum atomic E-state index is 13.4. The molecule has 0 bridgehead atoms. The van der Waals surface area contributed by atoms with Crippen molar-refractivity contribution in [1.82, 2.24) is 5.32 Å². The number of carbonyl (C=O) groups is 3. The lowest BCUT2D eigenvalue weighted by atomic mass is 10.0. The van der Waals surface area contributed by atoms with Crippen molar-refractivity contribution in [2.75, 3.05) is 18.1 Å². The number of aryl methyl sites for hydroxylation is 1. The molecule has 0 aliphatic carbocycles.